The van der Waals surface area contributed by atoms with Crippen LogP contribution in [0, 0.1) is 5.92 Å². The maximum Gasteiger partial charge on any atom is 0.281 e. The number of ether oxygens (including phenoxy) is 5. The highest BCUT2D eigenvalue weighted by atomic mass is 16.5. The second-order valence-electron chi connectivity index (χ2n) is 9.24. The lowest BCUT2D eigenvalue weighted by atomic mass is 10.1. The van der Waals surface area contributed by atoms with E-state index in [1.807, 2.05) is 10.7 Å². The molecule has 2 fully saturated rings. The highest BCUT2D eigenvalue weighted by Crippen LogP contribution is 2.38. The molecule has 38 heavy (non-hydrogen) atoms. The first-order chi connectivity index (χ1) is 18.6. The zero-order valence-electron chi connectivity index (χ0n) is 21.0. The molecule has 1 N–H and O–H groups in total. The molecule has 1 aliphatic carbocycles. The molecule has 1 saturated carbocycles. The van der Waals surface area contributed by atoms with Gasteiger partial charge in [0.2, 0.25) is 0 Å². The lowest BCUT2D eigenvalue weighted by Crippen LogP contribution is -2.32. The second kappa shape index (κ2) is 10.2. The third-order valence-corrected chi connectivity index (χ3v) is 6.43. The first-order valence-corrected chi connectivity index (χ1v) is 12.4. The predicted octanol–water partition coefficient (Wildman–Crippen LogP) is 4.25. The average molecular weight is 518 g/mol. The summed E-state index contributed by atoms with van der Waals surface area (Å²) in [7, 11) is 3.15. The number of nitrogens with zero attached hydrogens (tertiary/aromatic N) is 4. The largest absolute Gasteiger partial charge is 0.493 e. The van der Waals surface area contributed by atoms with Crippen molar-refractivity contribution in [3.8, 4) is 28.7 Å². The average Bonchev–Trinajstić information content (AvgIpc) is 3.67. The monoisotopic (exact) mass is 517 g/mol. The molecular weight excluding hydrogens is 490 g/mol. The quantitative estimate of drug-likeness (QED) is 0.329. The number of amides is 1. The maximum absolute atomic E-state index is 13.1. The topological polar surface area (TPSA) is 119 Å². The van der Waals surface area contributed by atoms with Crippen LogP contribution in [-0.4, -0.2) is 59.7 Å². The van der Waals surface area contributed by atoms with Crippen LogP contribution in [0.1, 0.15) is 29.4 Å². The Morgan fingerprint density at radius 3 is 2.55 bits per heavy atom. The fraction of sp³-hybridized carbons (Fsp3) is 0.333. The predicted molar refractivity (Wildman–Crippen MR) is 137 cm³/mol. The molecule has 0 spiro atoms. The van der Waals surface area contributed by atoms with Crippen LogP contribution in [0.5, 0.6) is 28.7 Å². The lowest BCUT2D eigenvalue weighted by molar-refractivity contribution is -0.0509. The third kappa shape index (κ3) is 4.92. The van der Waals surface area contributed by atoms with Gasteiger partial charge in [-0.2, -0.15) is 5.10 Å². The maximum atomic E-state index is 13.1. The van der Waals surface area contributed by atoms with Gasteiger partial charge in [0.25, 0.3) is 5.91 Å². The minimum absolute atomic E-state index is 0.242. The molecule has 6 rings (SSSR count). The Bertz CT molecular complexity index is 1460. The fourth-order valence-electron chi connectivity index (χ4n) is 4.11. The van der Waals surface area contributed by atoms with Crippen LogP contribution >= 0.6 is 0 Å². The van der Waals surface area contributed by atoms with Gasteiger partial charge in [-0.05, 0) is 37.1 Å². The van der Waals surface area contributed by atoms with Gasteiger partial charge in [0.1, 0.15) is 17.3 Å². The van der Waals surface area contributed by atoms with Crippen LogP contribution in [0.15, 0.2) is 48.9 Å². The van der Waals surface area contributed by atoms with E-state index >= 15 is 0 Å². The Balaban J connectivity index is 1.16. The lowest BCUT2D eigenvalue weighted by Gasteiger charge is -2.25. The Kier molecular flexibility index (Phi) is 6.42. The van der Waals surface area contributed by atoms with Crippen molar-refractivity contribution in [1.29, 1.82) is 0 Å². The van der Waals surface area contributed by atoms with Crippen molar-refractivity contribution in [2.45, 2.75) is 18.9 Å². The number of anilines is 1. The molecule has 11 heteroatoms. The van der Waals surface area contributed by atoms with Gasteiger partial charge in [0.15, 0.2) is 22.9 Å². The molecule has 1 saturated heterocycles. The van der Waals surface area contributed by atoms with E-state index in [2.05, 4.69) is 20.4 Å². The highest BCUT2D eigenvalue weighted by Gasteiger charge is 2.29. The number of hydrogen-bond acceptors (Lipinski definition) is 9. The van der Waals surface area contributed by atoms with E-state index in [-0.39, 0.29) is 11.6 Å². The summed E-state index contributed by atoms with van der Waals surface area (Å²) < 4.78 is 29.8. The number of rotatable bonds is 10. The highest BCUT2D eigenvalue weighted by molar-refractivity contribution is 6.04. The van der Waals surface area contributed by atoms with E-state index in [9.17, 15) is 4.79 Å². The van der Waals surface area contributed by atoms with Crippen LogP contribution in [0.3, 0.4) is 0 Å². The van der Waals surface area contributed by atoms with Crippen LogP contribution < -0.4 is 24.3 Å². The summed E-state index contributed by atoms with van der Waals surface area (Å²) in [6.07, 6.45) is 7.10. The number of nitrogens with one attached hydrogen (secondary N) is 1. The van der Waals surface area contributed by atoms with Crippen molar-refractivity contribution in [2.24, 2.45) is 5.92 Å². The molecule has 1 aliphatic heterocycles. The summed E-state index contributed by atoms with van der Waals surface area (Å²) >= 11 is 0. The minimum atomic E-state index is -0.383. The van der Waals surface area contributed by atoms with Gasteiger partial charge < -0.3 is 29.0 Å². The Labute approximate surface area is 218 Å². The van der Waals surface area contributed by atoms with Crippen LogP contribution in [0.2, 0.25) is 0 Å². The van der Waals surface area contributed by atoms with Crippen LogP contribution in [-0.2, 0) is 4.74 Å². The zero-order valence-corrected chi connectivity index (χ0v) is 21.0. The van der Waals surface area contributed by atoms with Crippen molar-refractivity contribution in [2.75, 3.05) is 39.4 Å². The number of aromatic nitrogens is 4. The zero-order chi connectivity index (χ0) is 26.1. The number of carbonyl (C=O) groups excluding carboxylic acids is 1. The van der Waals surface area contributed by atoms with Crippen molar-refractivity contribution in [3.05, 3.63) is 54.6 Å². The fourth-order valence-corrected chi connectivity index (χ4v) is 4.11. The minimum Gasteiger partial charge on any atom is -0.493 e. The molecule has 11 nitrogen and oxygen atoms in total. The molecule has 0 atom stereocenters. The van der Waals surface area contributed by atoms with Gasteiger partial charge in [0.05, 0.1) is 58.0 Å². The van der Waals surface area contributed by atoms with E-state index in [1.54, 1.807) is 57.1 Å². The molecule has 0 unspecified atom stereocenters. The van der Waals surface area contributed by atoms with E-state index in [1.165, 1.54) is 0 Å². The number of hydrogen-bond donors (Lipinski definition) is 1. The number of carbonyl (C=O) groups is 1. The first-order valence-electron chi connectivity index (χ1n) is 12.4. The van der Waals surface area contributed by atoms with Gasteiger partial charge in [0, 0.05) is 23.6 Å². The molecule has 0 radical (unpaired) electrons. The number of methoxy groups -OCH3 is 2. The molecule has 3 aromatic heterocycles. The molecule has 4 heterocycles. The number of fused-ring (bicyclic) bond motifs is 1. The molecule has 2 aliphatic rings. The summed E-state index contributed by atoms with van der Waals surface area (Å²) in [4.78, 5) is 21.8. The second-order valence-corrected chi connectivity index (χ2v) is 9.24. The van der Waals surface area contributed by atoms with Crippen LogP contribution in [0.4, 0.5) is 5.82 Å². The van der Waals surface area contributed by atoms with Gasteiger partial charge in [-0.3, -0.25) is 14.5 Å². The SMILES string of the molecule is COc1cc2nccc(Oc3ccc(NC(=O)c4nn(C5CC5)cc4OCC4COC4)nc3)c2cc1OC. The van der Waals surface area contributed by atoms with Crippen molar-refractivity contribution < 1.29 is 28.5 Å². The summed E-state index contributed by atoms with van der Waals surface area (Å²) in [6.45, 7) is 1.84. The van der Waals surface area contributed by atoms with E-state index in [4.69, 9.17) is 23.7 Å². The Morgan fingerprint density at radius 2 is 1.87 bits per heavy atom. The summed E-state index contributed by atoms with van der Waals surface area (Å²) in [5, 5.41) is 8.06. The molecular formula is C27H27N5O6. The normalized spacial score (nSPS) is 15.1. The van der Waals surface area contributed by atoms with Crippen molar-refractivity contribution >= 4 is 22.6 Å². The smallest absolute Gasteiger partial charge is 0.281 e. The standard InChI is InChI=1S/C27H27N5O6/c1-34-22-9-19-20(10-23(22)35-2)28-8-7-21(19)38-18-5-6-25(29-11-18)30-27(33)26-24(37-15-16-13-36-14-16)12-32(31-26)17-3-4-17/h5-12,16-17H,3-4,13-15H2,1-2H3,(H,29,30,33). The molecule has 196 valence electrons. The van der Waals surface area contributed by atoms with Gasteiger partial charge in [-0.25, -0.2) is 4.98 Å². The number of benzene rings is 1. The molecule has 0 bridgehead atoms. The van der Waals surface area contributed by atoms with Crippen molar-refractivity contribution in [3.63, 3.8) is 0 Å². The summed E-state index contributed by atoms with van der Waals surface area (Å²) in [5.41, 5.74) is 0.942. The molecule has 4 aromatic rings. The molecule has 1 amide bonds. The number of pyridine rings is 2. The van der Waals surface area contributed by atoms with Crippen molar-refractivity contribution in [1.82, 2.24) is 19.7 Å². The summed E-state index contributed by atoms with van der Waals surface area (Å²) in [5.74, 6) is 3.03. The van der Waals surface area contributed by atoms with E-state index in [0.717, 1.165) is 18.2 Å². The Morgan fingerprint density at radius 1 is 1.05 bits per heavy atom. The Hall–Kier alpha value is -4.38. The van der Waals surface area contributed by atoms with Crippen LogP contribution in [0.25, 0.3) is 10.9 Å². The van der Waals surface area contributed by atoms with E-state index in [0.29, 0.717) is 71.9 Å². The third-order valence-electron chi connectivity index (χ3n) is 6.43. The summed E-state index contributed by atoms with van der Waals surface area (Å²) in [6, 6.07) is 9.09. The van der Waals surface area contributed by atoms with Gasteiger partial charge >= 0.3 is 0 Å². The van der Waals surface area contributed by atoms with Gasteiger partial charge in [-0.1, -0.05) is 0 Å². The van der Waals surface area contributed by atoms with E-state index < -0.39 is 0 Å². The molecule has 1 aromatic carbocycles. The van der Waals surface area contributed by atoms with Gasteiger partial charge in [-0.15, -0.1) is 0 Å². The first kappa shape index (κ1) is 24.0.